The lowest BCUT2D eigenvalue weighted by Gasteiger charge is -1.94. The Morgan fingerprint density at radius 3 is 2.83 bits per heavy atom. The van der Waals surface area contributed by atoms with Crippen LogP contribution in [0, 0.1) is 0 Å². The molecule has 4 heteroatoms. The van der Waals surface area contributed by atoms with Gasteiger partial charge < -0.3 is 0 Å². The number of hydrogen-bond acceptors (Lipinski definition) is 2. The minimum Gasteiger partial charge on any atom is -0.277 e. The van der Waals surface area contributed by atoms with Gasteiger partial charge in [0.2, 0.25) is 6.41 Å². The largest absolute Gasteiger partial charge is 0.277 e. The minimum absolute atomic E-state index is 0.493. The van der Waals surface area contributed by atoms with Gasteiger partial charge in [-0.1, -0.05) is 29.8 Å². The molecule has 1 aromatic rings. The Morgan fingerprint density at radius 1 is 1.42 bits per heavy atom. The Labute approximate surface area is 75.0 Å². The van der Waals surface area contributed by atoms with Gasteiger partial charge >= 0.3 is 0 Å². The Balaban J connectivity index is 2.74. The topological polar surface area (TPSA) is 41.5 Å². The lowest BCUT2D eigenvalue weighted by Crippen LogP contribution is -2.00. The zero-order valence-electron chi connectivity index (χ0n) is 6.20. The van der Waals surface area contributed by atoms with E-state index in [9.17, 15) is 4.79 Å². The van der Waals surface area contributed by atoms with Crippen LogP contribution in [0.1, 0.15) is 5.56 Å². The number of carbonyl (C=O) groups excluding carboxylic acids is 1. The van der Waals surface area contributed by atoms with Crippen LogP contribution in [0.2, 0.25) is 5.02 Å². The second-order valence-corrected chi connectivity index (χ2v) is 2.43. The quantitative estimate of drug-likeness (QED) is 0.429. The van der Waals surface area contributed by atoms with Gasteiger partial charge in [0.05, 0.1) is 6.21 Å². The molecule has 0 fully saturated rings. The molecule has 0 spiro atoms. The fraction of sp³-hybridized carbons (Fsp3) is 0. The van der Waals surface area contributed by atoms with Gasteiger partial charge in [-0.2, -0.15) is 5.10 Å². The standard InChI is InChI=1S/C8H7ClN2O/c9-8-4-2-1-3-7(8)5-10-11-6-12/h1-6H,(H,11,12)/b10-5-. The average molecular weight is 183 g/mol. The molecule has 1 N–H and O–H groups in total. The van der Waals surface area contributed by atoms with Crippen LogP contribution < -0.4 is 5.43 Å². The SMILES string of the molecule is O=CN/N=C\c1ccccc1Cl. The third-order valence-corrected chi connectivity index (χ3v) is 1.58. The third-order valence-electron chi connectivity index (χ3n) is 1.24. The van der Waals surface area contributed by atoms with E-state index >= 15 is 0 Å². The highest BCUT2D eigenvalue weighted by Crippen LogP contribution is 2.11. The van der Waals surface area contributed by atoms with Crippen molar-refractivity contribution in [2.24, 2.45) is 5.10 Å². The Morgan fingerprint density at radius 2 is 2.17 bits per heavy atom. The molecule has 12 heavy (non-hydrogen) atoms. The van der Waals surface area contributed by atoms with Crippen LogP contribution in [0.25, 0.3) is 0 Å². The average Bonchev–Trinajstić information content (AvgIpc) is 2.09. The van der Waals surface area contributed by atoms with Crippen LogP contribution in [-0.2, 0) is 4.79 Å². The van der Waals surface area contributed by atoms with E-state index in [4.69, 9.17) is 11.6 Å². The number of carbonyl (C=O) groups is 1. The maximum absolute atomic E-state index is 9.82. The molecule has 0 aliphatic heterocycles. The molecule has 0 bridgehead atoms. The van der Waals surface area contributed by atoms with Crippen molar-refractivity contribution in [1.29, 1.82) is 0 Å². The fourth-order valence-corrected chi connectivity index (χ4v) is 0.902. The molecular formula is C8H7ClN2O. The summed E-state index contributed by atoms with van der Waals surface area (Å²) < 4.78 is 0. The molecule has 3 nitrogen and oxygen atoms in total. The molecular weight excluding hydrogens is 176 g/mol. The van der Waals surface area contributed by atoms with Crippen LogP contribution in [0.15, 0.2) is 29.4 Å². The van der Waals surface area contributed by atoms with E-state index in [0.717, 1.165) is 5.56 Å². The van der Waals surface area contributed by atoms with E-state index in [2.05, 4.69) is 10.5 Å². The molecule has 62 valence electrons. The van der Waals surface area contributed by atoms with Crippen molar-refractivity contribution in [3.8, 4) is 0 Å². The second kappa shape index (κ2) is 4.51. The highest BCUT2D eigenvalue weighted by Gasteiger charge is 1.92. The molecule has 0 heterocycles. The summed E-state index contributed by atoms with van der Waals surface area (Å²) in [4.78, 5) is 9.82. The lowest BCUT2D eigenvalue weighted by atomic mass is 10.2. The second-order valence-electron chi connectivity index (χ2n) is 2.03. The number of halogens is 1. The van der Waals surface area contributed by atoms with Crippen LogP contribution >= 0.6 is 11.6 Å². The first-order valence-electron chi connectivity index (χ1n) is 3.31. The molecule has 0 unspecified atom stereocenters. The third kappa shape index (κ3) is 2.36. The number of hydrogen-bond donors (Lipinski definition) is 1. The highest BCUT2D eigenvalue weighted by molar-refractivity contribution is 6.33. The number of hydrazone groups is 1. The lowest BCUT2D eigenvalue weighted by molar-refractivity contribution is -0.109. The monoisotopic (exact) mass is 182 g/mol. The van der Waals surface area contributed by atoms with Gasteiger partial charge in [-0.15, -0.1) is 0 Å². The molecule has 1 rings (SSSR count). The van der Waals surface area contributed by atoms with E-state index in [1.165, 1.54) is 6.21 Å². The van der Waals surface area contributed by atoms with E-state index in [1.807, 2.05) is 12.1 Å². The maximum Gasteiger partial charge on any atom is 0.227 e. The maximum atomic E-state index is 9.82. The Kier molecular flexibility index (Phi) is 3.29. The molecule has 0 aromatic heterocycles. The molecule has 0 aliphatic carbocycles. The molecule has 0 saturated carbocycles. The molecule has 0 aliphatic rings. The summed E-state index contributed by atoms with van der Waals surface area (Å²) >= 11 is 5.80. The van der Waals surface area contributed by atoms with Crippen molar-refractivity contribution < 1.29 is 4.79 Å². The van der Waals surface area contributed by atoms with Crippen LogP contribution in [-0.4, -0.2) is 12.6 Å². The van der Waals surface area contributed by atoms with Gasteiger partial charge in [0.15, 0.2) is 0 Å². The smallest absolute Gasteiger partial charge is 0.227 e. The molecule has 0 saturated heterocycles. The summed E-state index contributed by atoms with van der Waals surface area (Å²) in [5.74, 6) is 0. The van der Waals surface area contributed by atoms with Crippen molar-refractivity contribution in [2.45, 2.75) is 0 Å². The van der Waals surface area contributed by atoms with Gasteiger partial charge in [-0.3, -0.25) is 4.79 Å². The highest BCUT2D eigenvalue weighted by atomic mass is 35.5. The minimum atomic E-state index is 0.493. The van der Waals surface area contributed by atoms with E-state index in [1.54, 1.807) is 12.1 Å². The zero-order valence-corrected chi connectivity index (χ0v) is 6.95. The summed E-state index contributed by atoms with van der Waals surface area (Å²) in [6, 6.07) is 7.23. The van der Waals surface area contributed by atoms with Crippen molar-refractivity contribution in [3.63, 3.8) is 0 Å². The van der Waals surface area contributed by atoms with Gasteiger partial charge in [0, 0.05) is 10.6 Å². The Bertz CT molecular complexity index is 299. The summed E-state index contributed by atoms with van der Waals surface area (Å²) in [6.45, 7) is 0. The van der Waals surface area contributed by atoms with Crippen molar-refractivity contribution in [1.82, 2.24) is 5.43 Å². The Hall–Kier alpha value is -1.35. The van der Waals surface area contributed by atoms with E-state index in [-0.39, 0.29) is 0 Å². The van der Waals surface area contributed by atoms with Crippen molar-refractivity contribution in [2.75, 3.05) is 0 Å². The van der Waals surface area contributed by atoms with Gasteiger partial charge in [0.25, 0.3) is 0 Å². The normalized spacial score (nSPS) is 10.1. The summed E-state index contributed by atoms with van der Waals surface area (Å²) in [5, 5.41) is 4.20. The first kappa shape index (κ1) is 8.74. The fourth-order valence-electron chi connectivity index (χ4n) is 0.717. The van der Waals surface area contributed by atoms with Crippen molar-refractivity contribution >= 4 is 24.2 Å². The molecule has 0 radical (unpaired) electrons. The van der Waals surface area contributed by atoms with Crippen LogP contribution in [0.5, 0.6) is 0 Å². The molecule has 1 amide bonds. The van der Waals surface area contributed by atoms with Gasteiger partial charge in [0.1, 0.15) is 0 Å². The summed E-state index contributed by atoms with van der Waals surface area (Å²) in [6.07, 6.45) is 1.98. The first-order valence-corrected chi connectivity index (χ1v) is 3.69. The number of rotatable bonds is 3. The predicted octanol–water partition coefficient (Wildman–Crippen LogP) is 1.42. The number of nitrogens with zero attached hydrogens (tertiary/aromatic N) is 1. The number of amides is 1. The summed E-state index contributed by atoms with van der Waals surface area (Å²) in [5.41, 5.74) is 2.93. The zero-order chi connectivity index (χ0) is 8.81. The van der Waals surface area contributed by atoms with Gasteiger partial charge in [-0.25, -0.2) is 5.43 Å². The van der Waals surface area contributed by atoms with Crippen molar-refractivity contribution in [3.05, 3.63) is 34.9 Å². The van der Waals surface area contributed by atoms with E-state index in [0.29, 0.717) is 11.4 Å². The number of benzene rings is 1. The predicted molar refractivity (Wildman–Crippen MR) is 48.2 cm³/mol. The van der Waals surface area contributed by atoms with Crippen LogP contribution in [0.3, 0.4) is 0 Å². The summed E-state index contributed by atoms with van der Waals surface area (Å²) in [7, 11) is 0. The van der Waals surface area contributed by atoms with Gasteiger partial charge in [-0.05, 0) is 6.07 Å². The molecule has 1 aromatic carbocycles. The number of nitrogens with one attached hydrogen (secondary N) is 1. The van der Waals surface area contributed by atoms with Crippen LogP contribution in [0.4, 0.5) is 0 Å². The molecule has 0 atom stereocenters. The first-order chi connectivity index (χ1) is 5.84. The van der Waals surface area contributed by atoms with E-state index < -0.39 is 0 Å².